The second-order valence-corrected chi connectivity index (χ2v) is 2.75. The quantitative estimate of drug-likeness (QED) is 0.268. The van der Waals surface area contributed by atoms with E-state index in [1.165, 1.54) is 24.3 Å². The molecule has 0 saturated heterocycles. The molecule has 0 radical (unpaired) electrons. The summed E-state index contributed by atoms with van der Waals surface area (Å²) in [6.45, 7) is -0.331. The Balaban J connectivity index is 2.96. The minimum Gasteiger partial charge on any atom is -0.396 e. The van der Waals surface area contributed by atoms with Crippen molar-refractivity contribution in [1.82, 2.24) is 0 Å². The van der Waals surface area contributed by atoms with Gasteiger partial charge in [-0.05, 0) is 11.1 Å². The maximum absolute atomic E-state index is 10.4. The van der Waals surface area contributed by atoms with Crippen molar-refractivity contribution in [2.45, 2.75) is 6.04 Å². The molecule has 15 heavy (non-hydrogen) atoms. The van der Waals surface area contributed by atoms with Gasteiger partial charge in [0.15, 0.2) is 0 Å². The molecule has 0 spiro atoms. The van der Waals surface area contributed by atoms with Gasteiger partial charge in [-0.25, -0.2) is 0 Å². The smallest absolute Gasteiger partial charge is 0.269 e. The molecule has 0 fully saturated rings. The van der Waals surface area contributed by atoms with Crippen LogP contribution in [0.5, 0.6) is 0 Å². The van der Waals surface area contributed by atoms with Crippen LogP contribution in [0.1, 0.15) is 11.6 Å². The molecule has 7 nitrogen and oxygen atoms in total. The zero-order chi connectivity index (χ0) is 11.3. The highest BCUT2D eigenvalue weighted by Crippen LogP contribution is 2.20. The van der Waals surface area contributed by atoms with Crippen LogP contribution in [0.4, 0.5) is 5.69 Å². The van der Waals surface area contributed by atoms with Crippen molar-refractivity contribution in [3.8, 4) is 0 Å². The van der Waals surface area contributed by atoms with E-state index < -0.39 is 11.0 Å². The number of hydrogen-bond acceptors (Lipinski definition) is 4. The van der Waals surface area contributed by atoms with E-state index in [1.54, 1.807) is 0 Å². The van der Waals surface area contributed by atoms with Crippen molar-refractivity contribution in [3.05, 3.63) is 50.4 Å². The van der Waals surface area contributed by atoms with Crippen molar-refractivity contribution >= 4 is 5.69 Å². The first-order chi connectivity index (χ1) is 7.19. The number of non-ortho nitro benzene ring substituents is 1. The average Bonchev–Trinajstić information content (AvgIpc) is 2.26. The standard InChI is InChI=1S/C8H8N4O3/c9-11-10-8(5-13)6-1-3-7(4-2-6)12(14)15/h1-4,8,13H,5H2. The Morgan fingerprint density at radius 1 is 1.53 bits per heavy atom. The van der Waals surface area contributed by atoms with Crippen LogP contribution in [0.15, 0.2) is 29.4 Å². The Bertz CT molecular complexity index is 397. The summed E-state index contributed by atoms with van der Waals surface area (Å²) < 4.78 is 0. The third-order valence-electron chi connectivity index (χ3n) is 1.85. The molecule has 1 aromatic rings. The number of hydrogen-bond donors (Lipinski definition) is 1. The number of azide groups is 1. The van der Waals surface area contributed by atoms with Crippen LogP contribution in [0.2, 0.25) is 0 Å². The van der Waals surface area contributed by atoms with E-state index in [0.29, 0.717) is 5.56 Å². The molecular weight excluding hydrogens is 200 g/mol. The molecule has 0 saturated carbocycles. The van der Waals surface area contributed by atoms with Crippen LogP contribution in [-0.2, 0) is 0 Å². The van der Waals surface area contributed by atoms with Crippen LogP contribution in [0.3, 0.4) is 0 Å². The number of aliphatic hydroxyl groups is 1. The summed E-state index contributed by atoms with van der Waals surface area (Å²) in [5, 5.41) is 22.6. The van der Waals surface area contributed by atoms with Crippen molar-refractivity contribution in [1.29, 1.82) is 0 Å². The van der Waals surface area contributed by atoms with Gasteiger partial charge in [-0.2, -0.15) is 0 Å². The van der Waals surface area contributed by atoms with Crippen LogP contribution in [0.25, 0.3) is 10.4 Å². The summed E-state index contributed by atoms with van der Waals surface area (Å²) in [7, 11) is 0. The molecule has 0 aliphatic rings. The monoisotopic (exact) mass is 208 g/mol. The largest absolute Gasteiger partial charge is 0.396 e. The first kappa shape index (κ1) is 11.0. The third kappa shape index (κ3) is 2.67. The fourth-order valence-corrected chi connectivity index (χ4v) is 1.09. The van der Waals surface area contributed by atoms with Crippen molar-refractivity contribution < 1.29 is 10.0 Å². The molecule has 0 aliphatic carbocycles. The van der Waals surface area contributed by atoms with Crippen molar-refractivity contribution in [2.24, 2.45) is 5.11 Å². The van der Waals surface area contributed by atoms with Gasteiger partial charge in [0.25, 0.3) is 5.69 Å². The molecule has 78 valence electrons. The van der Waals surface area contributed by atoms with Gasteiger partial charge in [-0.1, -0.05) is 17.2 Å². The Hall–Kier alpha value is -2.11. The molecule has 0 aliphatic heterocycles. The lowest BCUT2D eigenvalue weighted by Gasteiger charge is -2.06. The molecule has 0 bridgehead atoms. The SMILES string of the molecule is [N-]=[N+]=NC(CO)c1ccc([N+](=O)[O-])cc1. The highest BCUT2D eigenvalue weighted by Gasteiger charge is 2.10. The highest BCUT2D eigenvalue weighted by molar-refractivity contribution is 5.34. The van der Waals surface area contributed by atoms with Gasteiger partial charge in [-0.15, -0.1) is 0 Å². The van der Waals surface area contributed by atoms with Crippen LogP contribution in [0, 0.1) is 10.1 Å². The summed E-state index contributed by atoms with van der Waals surface area (Å²) in [5.41, 5.74) is 8.71. The van der Waals surface area contributed by atoms with Gasteiger partial charge >= 0.3 is 0 Å². The van der Waals surface area contributed by atoms with E-state index in [0.717, 1.165) is 0 Å². The minimum atomic E-state index is -0.698. The maximum Gasteiger partial charge on any atom is 0.269 e. The van der Waals surface area contributed by atoms with Gasteiger partial charge < -0.3 is 5.11 Å². The van der Waals surface area contributed by atoms with E-state index in [-0.39, 0.29) is 12.3 Å². The lowest BCUT2D eigenvalue weighted by atomic mass is 10.1. The molecule has 1 aromatic carbocycles. The molecule has 7 heteroatoms. The van der Waals surface area contributed by atoms with E-state index in [2.05, 4.69) is 10.0 Å². The lowest BCUT2D eigenvalue weighted by molar-refractivity contribution is -0.384. The summed E-state index contributed by atoms with van der Waals surface area (Å²) in [6, 6.07) is 4.80. The molecule has 1 unspecified atom stereocenters. The zero-order valence-corrected chi connectivity index (χ0v) is 7.65. The molecule has 0 aromatic heterocycles. The molecule has 1 atom stereocenters. The topological polar surface area (TPSA) is 112 Å². The fourth-order valence-electron chi connectivity index (χ4n) is 1.09. The molecular formula is C8H8N4O3. The fraction of sp³-hybridized carbons (Fsp3) is 0.250. The van der Waals surface area contributed by atoms with Crippen LogP contribution < -0.4 is 0 Å². The Morgan fingerprint density at radius 3 is 2.53 bits per heavy atom. The number of nitrogens with zero attached hydrogens (tertiary/aromatic N) is 4. The zero-order valence-electron chi connectivity index (χ0n) is 7.65. The summed E-state index contributed by atoms with van der Waals surface area (Å²) in [4.78, 5) is 12.4. The first-order valence-electron chi connectivity index (χ1n) is 4.08. The summed E-state index contributed by atoms with van der Waals surface area (Å²) in [5.74, 6) is 0. The highest BCUT2D eigenvalue weighted by atomic mass is 16.6. The van der Waals surface area contributed by atoms with E-state index in [4.69, 9.17) is 10.6 Å². The molecule has 0 heterocycles. The normalized spacial score (nSPS) is 11.5. The number of nitro benzene ring substituents is 1. The van der Waals surface area contributed by atoms with Gasteiger partial charge in [-0.3, -0.25) is 10.1 Å². The predicted octanol–water partition coefficient (Wildman–Crippen LogP) is 1.94. The number of rotatable bonds is 4. The van der Waals surface area contributed by atoms with Gasteiger partial charge in [0.2, 0.25) is 0 Å². The van der Waals surface area contributed by atoms with E-state index >= 15 is 0 Å². The van der Waals surface area contributed by atoms with Crippen molar-refractivity contribution in [3.63, 3.8) is 0 Å². The van der Waals surface area contributed by atoms with Crippen LogP contribution >= 0.6 is 0 Å². The predicted molar refractivity (Wildman–Crippen MR) is 52.1 cm³/mol. The Morgan fingerprint density at radius 2 is 2.13 bits per heavy atom. The molecule has 1 N–H and O–H groups in total. The maximum atomic E-state index is 10.4. The van der Waals surface area contributed by atoms with E-state index in [1.807, 2.05) is 0 Å². The molecule has 1 rings (SSSR count). The second-order valence-electron chi connectivity index (χ2n) is 2.75. The summed E-state index contributed by atoms with van der Waals surface area (Å²) in [6.07, 6.45) is 0. The van der Waals surface area contributed by atoms with Gasteiger partial charge in [0.05, 0.1) is 17.6 Å². The molecule has 0 amide bonds. The lowest BCUT2D eigenvalue weighted by Crippen LogP contribution is -2.00. The Labute approximate surface area is 84.7 Å². The number of benzene rings is 1. The first-order valence-corrected chi connectivity index (χ1v) is 4.08. The van der Waals surface area contributed by atoms with Gasteiger partial charge in [0, 0.05) is 17.0 Å². The minimum absolute atomic E-state index is 0.0450. The van der Waals surface area contributed by atoms with Crippen LogP contribution in [-0.4, -0.2) is 16.6 Å². The summed E-state index contributed by atoms with van der Waals surface area (Å²) >= 11 is 0. The Kier molecular flexibility index (Phi) is 3.61. The van der Waals surface area contributed by atoms with Crippen molar-refractivity contribution in [2.75, 3.05) is 6.61 Å². The second kappa shape index (κ2) is 4.94. The number of aliphatic hydroxyl groups excluding tert-OH is 1. The van der Waals surface area contributed by atoms with Gasteiger partial charge in [0.1, 0.15) is 0 Å². The number of nitro groups is 1. The average molecular weight is 208 g/mol. The van der Waals surface area contributed by atoms with E-state index in [9.17, 15) is 10.1 Å². The third-order valence-corrected chi connectivity index (χ3v) is 1.85.